The molecule has 1 aromatic heterocycles. The van der Waals surface area contributed by atoms with Gasteiger partial charge >= 0.3 is 6.03 Å². The van der Waals surface area contributed by atoms with Gasteiger partial charge in [0.2, 0.25) is 0 Å². The number of carbonyl (C=O) groups excluding carboxylic acids is 3. The third kappa shape index (κ3) is 2.64. The van der Waals surface area contributed by atoms with Gasteiger partial charge in [0.25, 0.3) is 23.0 Å². The van der Waals surface area contributed by atoms with E-state index in [1.54, 1.807) is 47.9 Å². The van der Waals surface area contributed by atoms with Crippen LogP contribution in [-0.4, -0.2) is 32.6 Å². The third-order valence-corrected chi connectivity index (χ3v) is 4.14. The summed E-state index contributed by atoms with van der Waals surface area (Å²) in [4.78, 5) is 48.3. The molecule has 0 atom stereocenters. The molecule has 1 aromatic carbocycles. The highest BCUT2D eigenvalue weighted by Gasteiger charge is 2.54. The smallest absolute Gasteiger partial charge is 0.328 e. The summed E-state index contributed by atoms with van der Waals surface area (Å²) >= 11 is 0. The molecule has 0 spiro atoms. The number of aromatic hydroxyl groups is 1. The number of imide groups is 2. The van der Waals surface area contributed by atoms with Crippen molar-refractivity contribution in [1.82, 2.24) is 15.2 Å². The molecule has 1 aliphatic heterocycles. The number of aliphatic hydroxyl groups is 1. The van der Waals surface area contributed by atoms with Gasteiger partial charge in [-0.05, 0) is 18.6 Å². The summed E-state index contributed by atoms with van der Waals surface area (Å²) in [6.07, 6.45) is 0. The van der Waals surface area contributed by atoms with Crippen LogP contribution >= 0.6 is 0 Å². The molecule has 2 aromatic rings. The number of nitrogens with one attached hydrogen (secondary N) is 2. The van der Waals surface area contributed by atoms with Crippen molar-refractivity contribution in [3.8, 4) is 5.75 Å². The maximum Gasteiger partial charge on any atom is 0.328 e. The van der Waals surface area contributed by atoms with Crippen molar-refractivity contribution in [1.29, 1.82) is 0 Å². The summed E-state index contributed by atoms with van der Waals surface area (Å²) in [6, 6.07) is 8.93. The van der Waals surface area contributed by atoms with Crippen LogP contribution in [-0.2, 0) is 21.7 Å². The summed E-state index contributed by atoms with van der Waals surface area (Å²) in [7, 11) is 0. The van der Waals surface area contributed by atoms with E-state index in [1.807, 2.05) is 0 Å². The lowest BCUT2D eigenvalue weighted by molar-refractivity contribution is -0.156. The summed E-state index contributed by atoms with van der Waals surface area (Å²) in [5, 5.41) is 24.2. The highest BCUT2D eigenvalue weighted by molar-refractivity contribution is 6.21. The maximum atomic E-state index is 12.9. The quantitative estimate of drug-likeness (QED) is 0.545. The van der Waals surface area contributed by atoms with E-state index in [0.29, 0.717) is 5.69 Å². The van der Waals surface area contributed by atoms with E-state index in [0.717, 1.165) is 11.6 Å². The van der Waals surface area contributed by atoms with Crippen LogP contribution in [0.25, 0.3) is 0 Å². The van der Waals surface area contributed by atoms with Gasteiger partial charge in [0, 0.05) is 5.69 Å². The molecule has 4 N–H and O–H groups in total. The largest absolute Gasteiger partial charge is 0.507 e. The molecule has 1 fully saturated rings. The Balaban J connectivity index is 2.18. The second-order valence-corrected chi connectivity index (χ2v) is 5.87. The van der Waals surface area contributed by atoms with E-state index in [-0.39, 0.29) is 6.54 Å². The van der Waals surface area contributed by atoms with Crippen molar-refractivity contribution in [3.05, 3.63) is 63.6 Å². The number of amides is 4. The Morgan fingerprint density at radius 2 is 1.62 bits per heavy atom. The average molecular weight is 357 g/mol. The van der Waals surface area contributed by atoms with Gasteiger partial charge in [-0.2, -0.15) is 0 Å². The number of aromatic nitrogens is 1. The zero-order chi connectivity index (χ0) is 19.1. The summed E-state index contributed by atoms with van der Waals surface area (Å²) in [5.74, 6) is -3.54. The molecule has 0 radical (unpaired) electrons. The zero-order valence-corrected chi connectivity index (χ0v) is 13.6. The third-order valence-electron chi connectivity index (χ3n) is 4.14. The Morgan fingerprint density at radius 3 is 2.19 bits per heavy atom. The number of aryl methyl sites for hydroxylation is 1. The molecule has 0 saturated carbocycles. The molecular formula is C17H15N3O6. The number of hydrogen-bond donors (Lipinski definition) is 4. The molecule has 4 amide bonds. The van der Waals surface area contributed by atoms with E-state index in [4.69, 9.17) is 0 Å². The highest BCUT2D eigenvalue weighted by Crippen LogP contribution is 2.29. The fourth-order valence-corrected chi connectivity index (χ4v) is 2.80. The SMILES string of the molecule is Cc1cc(O)c(C2(O)C(=O)NC(=O)NC2=O)c(=O)n1Cc1ccccc1. The first kappa shape index (κ1) is 17.4. The number of pyridine rings is 1. The van der Waals surface area contributed by atoms with E-state index in [9.17, 15) is 29.4 Å². The van der Waals surface area contributed by atoms with Crippen LogP contribution in [0.4, 0.5) is 4.79 Å². The average Bonchev–Trinajstić information content (AvgIpc) is 2.57. The molecule has 1 saturated heterocycles. The molecular weight excluding hydrogens is 342 g/mol. The monoisotopic (exact) mass is 357 g/mol. The molecule has 9 heteroatoms. The number of benzene rings is 1. The standard InChI is InChI=1S/C17H15N3O6/c1-9-7-11(21)12(17(26)14(23)18-16(25)19-15(17)24)13(22)20(9)8-10-5-3-2-4-6-10/h2-7,21,26H,8H2,1H3,(H2,18,19,23,24,25). The first-order valence-corrected chi connectivity index (χ1v) is 7.62. The fraction of sp³-hybridized carbons (Fsp3) is 0.176. The van der Waals surface area contributed by atoms with Crippen molar-refractivity contribution in [2.75, 3.05) is 0 Å². The van der Waals surface area contributed by atoms with E-state index >= 15 is 0 Å². The summed E-state index contributed by atoms with van der Waals surface area (Å²) in [6.45, 7) is 1.65. The Labute approximate surface area is 146 Å². The molecule has 0 bridgehead atoms. The minimum atomic E-state index is -3.03. The Bertz CT molecular complexity index is 960. The van der Waals surface area contributed by atoms with Gasteiger partial charge in [0.05, 0.1) is 6.54 Å². The van der Waals surface area contributed by atoms with E-state index < -0.39 is 40.3 Å². The molecule has 0 unspecified atom stereocenters. The molecule has 26 heavy (non-hydrogen) atoms. The van der Waals surface area contributed by atoms with Crippen LogP contribution in [0.5, 0.6) is 5.75 Å². The van der Waals surface area contributed by atoms with Crippen LogP contribution in [0.2, 0.25) is 0 Å². The minimum absolute atomic E-state index is 0.0943. The van der Waals surface area contributed by atoms with Gasteiger partial charge in [-0.15, -0.1) is 0 Å². The minimum Gasteiger partial charge on any atom is -0.507 e. The normalized spacial score (nSPS) is 16.2. The second kappa shape index (κ2) is 6.12. The lowest BCUT2D eigenvalue weighted by Gasteiger charge is -2.29. The lowest BCUT2D eigenvalue weighted by Crippen LogP contribution is -2.66. The van der Waals surface area contributed by atoms with Gasteiger partial charge in [-0.25, -0.2) is 4.79 Å². The molecule has 9 nitrogen and oxygen atoms in total. The van der Waals surface area contributed by atoms with Gasteiger partial charge in [0.15, 0.2) is 0 Å². The number of urea groups is 1. The van der Waals surface area contributed by atoms with Crippen LogP contribution in [0.15, 0.2) is 41.2 Å². The van der Waals surface area contributed by atoms with Crippen molar-refractivity contribution in [3.63, 3.8) is 0 Å². The van der Waals surface area contributed by atoms with Crippen LogP contribution in [0.3, 0.4) is 0 Å². The van der Waals surface area contributed by atoms with Crippen molar-refractivity contribution < 1.29 is 24.6 Å². The predicted molar refractivity (Wildman–Crippen MR) is 88.2 cm³/mol. The summed E-state index contributed by atoms with van der Waals surface area (Å²) in [5.41, 5.74) is -3.65. The first-order chi connectivity index (χ1) is 12.2. The van der Waals surface area contributed by atoms with Gasteiger partial charge in [-0.1, -0.05) is 30.3 Å². The maximum absolute atomic E-state index is 12.9. The molecule has 134 valence electrons. The number of rotatable bonds is 3. The Hall–Kier alpha value is -3.46. The van der Waals surface area contributed by atoms with Gasteiger partial charge in [-0.3, -0.25) is 25.0 Å². The lowest BCUT2D eigenvalue weighted by atomic mass is 9.90. The number of hydrogen-bond acceptors (Lipinski definition) is 6. The fourth-order valence-electron chi connectivity index (χ4n) is 2.80. The topological polar surface area (TPSA) is 138 Å². The molecule has 0 aliphatic carbocycles. The summed E-state index contributed by atoms with van der Waals surface area (Å²) < 4.78 is 1.21. The number of barbiturate groups is 1. The molecule has 3 rings (SSSR count). The molecule has 2 heterocycles. The van der Waals surface area contributed by atoms with E-state index in [1.165, 1.54) is 4.57 Å². The van der Waals surface area contributed by atoms with Gasteiger partial charge < -0.3 is 14.8 Å². The molecule has 1 aliphatic rings. The van der Waals surface area contributed by atoms with Crippen molar-refractivity contribution in [2.45, 2.75) is 19.1 Å². The van der Waals surface area contributed by atoms with Crippen molar-refractivity contribution in [2.24, 2.45) is 0 Å². The zero-order valence-electron chi connectivity index (χ0n) is 13.6. The number of nitrogens with zero attached hydrogens (tertiary/aromatic N) is 1. The van der Waals surface area contributed by atoms with Crippen LogP contribution in [0.1, 0.15) is 16.8 Å². The van der Waals surface area contributed by atoms with Crippen LogP contribution in [0, 0.1) is 6.92 Å². The Kier molecular flexibility index (Phi) is 4.09. The Morgan fingerprint density at radius 1 is 1.04 bits per heavy atom. The second-order valence-electron chi connectivity index (χ2n) is 5.87. The van der Waals surface area contributed by atoms with Gasteiger partial charge in [0.1, 0.15) is 11.3 Å². The van der Waals surface area contributed by atoms with Crippen molar-refractivity contribution >= 4 is 17.8 Å². The first-order valence-electron chi connectivity index (χ1n) is 7.62. The predicted octanol–water partition coefficient (Wildman–Crippen LogP) is -0.536. The number of carbonyl (C=O) groups is 3. The van der Waals surface area contributed by atoms with Crippen LogP contribution < -0.4 is 16.2 Å². The highest BCUT2D eigenvalue weighted by atomic mass is 16.3. The van der Waals surface area contributed by atoms with E-state index in [2.05, 4.69) is 0 Å².